The van der Waals surface area contributed by atoms with E-state index in [1.807, 2.05) is 36.4 Å². The standard InChI is InChI=1S/C13H9Br2ClN2S/c14-7-1-3-11(9(5-7)13(17)19)18-12-4-2-8(15)6-10(12)16/h1-6,18H,(H2,17,19). The summed E-state index contributed by atoms with van der Waals surface area (Å²) in [6, 6.07) is 11.3. The smallest absolute Gasteiger partial charge is 0.106 e. The molecule has 0 aliphatic rings. The Labute approximate surface area is 138 Å². The summed E-state index contributed by atoms with van der Waals surface area (Å²) in [5.74, 6) is 0. The number of halogens is 3. The van der Waals surface area contributed by atoms with E-state index in [2.05, 4.69) is 37.2 Å². The molecule has 2 aromatic carbocycles. The van der Waals surface area contributed by atoms with E-state index in [1.54, 1.807) is 0 Å². The Morgan fingerprint density at radius 2 is 1.63 bits per heavy atom. The molecule has 0 bridgehead atoms. The van der Waals surface area contributed by atoms with Crippen LogP contribution in [0.4, 0.5) is 11.4 Å². The van der Waals surface area contributed by atoms with Crippen molar-refractivity contribution in [2.75, 3.05) is 5.32 Å². The van der Waals surface area contributed by atoms with Crippen molar-refractivity contribution in [1.82, 2.24) is 0 Å². The maximum atomic E-state index is 6.18. The van der Waals surface area contributed by atoms with Gasteiger partial charge in [0.05, 0.1) is 10.7 Å². The first kappa shape index (κ1) is 14.8. The van der Waals surface area contributed by atoms with Crippen LogP contribution < -0.4 is 11.1 Å². The van der Waals surface area contributed by atoms with Gasteiger partial charge in [-0.05, 0) is 36.4 Å². The molecule has 6 heteroatoms. The van der Waals surface area contributed by atoms with E-state index < -0.39 is 0 Å². The first-order valence-corrected chi connectivity index (χ1v) is 7.66. The molecule has 0 aromatic heterocycles. The lowest BCUT2D eigenvalue weighted by Crippen LogP contribution is -2.12. The van der Waals surface area contributed by atoms with E-state index in [0.29, 0.717) is 10.0 Å². The van der Waals surface area contributed by atoms with Crippen LogP contribution in [-0.4, -0.2) is 4.99 Å². The van der Waals surface area contributed by atoms with E-state index in [-0.39, 0.29) is 0 Å². The van der Waals surface area contributed by atoms with Crippen molar-refractivity contribution in [3.05, 3.63) is 55.9 Å². The van der Waals surface area contributed by atoms with Crippen molar-refractivity contribution >= 4 is 72.0 Å². The fourth-order valence-corrected chi connectivity index (χ4v) is 2.82. The highest BCUT2D eigenvalue weighted by Crippen LogP contribution is 2.30. The van der Waals surface area contributed by atoms with Crippen LogP contribution in [0, 0.1) is 0 Å². The van der Waals surface area contributed by atoms with E-state index in [4.69, 9.17) is 29.6 Å². The summed E-state index contributed by atoms with van der Waals surface area (Å²) in [6.45, 7) is 0. The molecule has 0 aliphatic carbocycles. The van der Waals surface area contributed by atoms with Crippen molar-refractivity contribution < 1.29 is 0 Å². The first-order chi connectivity index (χ1) is 8.97. The lowest BCUT2D eigenvalue weighted by Gasteiger charge is -2.13. The molecule has 0 amide bonds. The lowest BCUT2D eigenvalue weighted by molar-refractivity contribution is 1.50. The molecule has 0 saturated heterocycles. The van der Waals surface area contributed by atoms with Crippen LogP contribution in [0.2, 0.25) is 5.02 Å². The number of hydrogen-bond donors (Lipinski definition) is 2. The fourth-order valence-electron chi connectivity index (χ4n) is 1.57. The van der Waals surface area contributed by atoms with Crippen LogP contribution in [0.5, 0.6) is 0 Å². The molecule has 2 nitrogen and oxygen atoms in total. The van der Waals surface area contributed by atoms with Gasteiger partial charge in [-0.2, -0.15) is 0 Å². The molecule has 19 heavy (non-hydrogen) atoms. The number of rotatable bonds is 3. The van der Waals surface area contributed by atoms with E-state index in [0.717, 1.165) is 25.9 Å². The molecule has 0 saturated carbocycles. The zero-order valence-electron chi connectivity index (χ0n) is 9.58. The van der Waals surface area contributed by atoms with Crippen molar-refractivity contribution in [1.29, 1.82) is 0 Å². The number of nitrogens with one attached hydrogen (secondary N) is 1. The monoisotopic (exact) mass is 418 g/mol. The molecule has 2 rings (SSSR count). The molecule has 0 heterocycles. The SMILES string of the molecule is NC(=S)c1cc(Br)ccc1Nc1ccc(Br)cc1Cl. The van der Waals surface area contributed by atoms with Crippen LogP contribution in [0.1, 0.15) is 5.56 Å². The van der Waals surface area contributed by atoms with Crippen LogP contribution in [0.15, 0.2) is 45.3 Å². The number of hydrogen-bond acceptors (Lipinski definition) is 2. The highest BCUT2D eigenvalue weighted by Gasteiger charge is 2.08. The van der Waals surface area contributed by atoms with Crippen molar-refractivity contribution in [3.63, 3.8) is 0 Å². The molecule has 98 valence electrons. The molecule has 0 fully saturated rings. The summed E-state index contributed by atoms with van der Waals surface area (Å²) < 4.78 is 1.84. The van der Waals surface area contributed by atoms with Gasteiger partial charge in [0.1, 0.15) is 4.99 Å². The Balaban J connectivity index is 2.40. The zero-order chi connectivity index (χ0) is 14.0. The molecule has 0 spiro atoms. The lowest BCUT2D eigenvalue weighted by atomic mass is 10.1. The van der Waals surface area contributed by atoms with Gasteiger partial charge in [0.15, 0.2) is 0 Å². The first-order valence-electron chi connectivity index (χ1n) is 5.29. The third kappa shape index (κ3) is 3.69. The Bertz CT molecular complexity index is 647. The Morgan fingerprint density at radius 3 is 2.21 bits per heavy atom. The van der Waals surface area contributed by atoms with E-state index in [1.165, 1.54) is 0 Å². The highest BCUT2D eigenvalue weighted by molar-refractivity contribution is 9.10. The Morgan fingerprint density at radius 1 is 1.05 bits per heavy atom. The number of nitrogens with two attached hydrogens (primary N) is 1. The van der Waals surface area contributed by atoms with Gasteiger partial charge < -0.3 is 11.1 Å². The van der Waals surface area contributed by atoms with Crippen LogP contribution >= 0.6 is 55.7 Å². The molecule has 2 aromatic rings. The van der Waals surface area contributed by atoms with Crippen molar-refractivity contribution in [3.8, 4) is 0 Å². The summed E-state index contributed by atoms with van der Waals surface area (Å²) in [5.41, 5.74) is 8.11. The largest absolute Gasteiger partial charge is 0.389 e. The summed E-state index contributed by atoms with van der Waals surface area (Å²) in [6.07, 6.45) is 0. The molecule has 3 N–H and O–H groups in total. The third-order valence-electron chi connectivity index (χ3n) is 2.45. The Hall–Kier alpha value is -0.620. The van der Waals surface area contributed by atoms with Gasteiger partial charge in [0.25, 0.3) is 0 Å². The van der Waals surface area contributed by atoms with E-state index in [9.17, 15) is 0 Å². The summed E-state index contributed by atoms with van der Waals surface area (Å²) in [4.78, 5) is 0.331. The van der Waals surface area contributed by atoms with Gasteiger partial charge in [-0.3, -0.25) is 0 Å². The average molecular weight is 421 g/mol. The van der Waals surface area contributed by atoms with Crippen molar-refractivity contribution in [2.24, 2.45) is 5.73 Å². The second-order valence-electron chi connectivity index (χ2n) is 3.80. The second-order valence-corrected chi connectivity index (χ2v) is 6.48. The predicted molar refractivity (Wildman–Crippen MR) is 92.5 cm³/mol. The van der Waals surface area contributed by atoms with E-state index >= 15 is 0 Å². The number of benzene rings is 2. The van der Waals surface area contributed by atoms with Crippen LogP contribution in [-0.2, 0) is 0 Å². The van der Waals surface area contributed by atoms with Gasteiger partial charge in [-0.1, -0.05) is 55.7 Å². The minimum Gasteiger partial charge on any atom is -0.389 e. The predicted octanol–water partition coefficient (Wildman–Crippen LogP) is 5.24. The topological polar surface area (TPSA) is 38.0 Å². The fraction of sp³-hybridized carbons (Fsp3) is 0. The average Bonchev–Trinajstić information content (AvgIpc) is 2.34. The summed E-state index contributed by atoms with van der Waals surface area (Å²) in [5, 5.41) is 3.85. The summed E-state index contributed by atoms with van der Waals surface area (Å²) in [7, 11) is 0. The highest BCUT2D eigenvalue weighted by atomic mass is 79.9. The van der Waals surface area contributed by atoms with Gasteiger partial charge >= 0.3 is 0 Å². The normalized spacial score (nSPS) is 10.3. The molecule has 0 unspecified atom stereocenters. The van der Waals surface area contributed by atoms with Gasteiger partial charge in [-0.15, -0.1) is 0 Å². The number of thiocarbonyl (C=S) groups is 1. The zero-order valence-corrected chi connectivity index (χ0v) is 14.3. The maximum absolute atomic E-state index is 6.18. The van der Waals surface area contributed by atoms with Crippen LogP contribution in [0.3, 0.4) is 0 Å². The molecular formula is C13H9Br2ClN2S. The van der Waals surface area contributed by atoms with Gasteiger partial charge in [-0.25, -0.2) is 0 Å². The minimum atomic E-state index is 0.331. The second kappa shape index (κ2) is 6.22. The molecule has 0 aliphatic heterocycles. The van der Waals surface area contributed by atoms with Crippen LogP contribution in [0.25, 0.3) is 0 Å². The van der Waals surface area contributed by atoms with Gasteiger partial charge in [0.2, 0.25) is 0 Å². The minimum absolute atomic E-state index is 0.331. The molecule has 0 radical (unpaired) electrons. The van der Waals surface area contributed by atoms with Gasteiger partial charge in [0, 0.05) is 20.2 Å². The summed E-state index contributed by atoms with van der Waals surface area (Å²) >= 11 is 18.0. The quantitative estimate of drug-likeness (QED) is 0.667. The van der Waals surface area contributed by atoms with Crippen molar-refractivity contribution in [2.45, 2.75) is 0 Å². The number of anilines is 2. The molecular weight excluding hydrogens is 411 g/mol. The third-order valence-corrected chi connectivity index (χ3v) is 3.97. The maximum Gasteiger partial charge on any atom is 0.106 e. The molecule has 0 atom stereocenters. The Kier molecular flexibility index (Phi) is 4.84.